The minimum absolute atomic E-state index is 0.328. The van der Waals surface area contributed by atoms with Crippen LogP contribution in [0.1, 0.15) is 0 Å². The van der Waals surface area contributed by atoms with E-state index in [0.29, 0.717) is 4.47 Å². The number of hydrogen-bond donors (Lipinski definition) is 0. The van der Waals surface area contributed by atoms with Crippen LogP contribution in [0.25, 0.3) is 0 Å². The maximum absolute atomic E-state index is 11.9. The molecule has 4 heteroatoms. The quantitative estimate of drug-likeness (QED) is 0.682. The summed E-state index contributed by atoms with van der Waals surface area (Å²) in [6.45, 7) is -0.779. The van der Waals surface area contributed by atoms with Gasteiger partial charge >= 0.3 is 0 Å². The van der Waals surface area contributed by atoms with Gasteiger partial charge in [0.2, 0.25) is 0 Å². The third-order valence-electron chi connectivity index (χ3n) is 1.08. The summed E-state index contributed by atoms with van der Waals surface area (Å²) < 4.78 is 13.6. The van der Waals surface area contributed by atoms with Gasteiger partial charge in [0.1, 0.15) is 0 Å². The van der Waals surface area contributed by atoms with Crippen molar-refractivity contribution in [2.75, 3.05) is 0 Å². The number of rotatable bonds is 1. The highest BCUT2D eigenvalue weighted by atomic mass is 79.9. The van der Waals surface area contributed by atoms with E-state index < -0.39 is 6.80 Å². The maximum Gasteiger partial charge on any atom is 0.252 e. The Balaban J connectivity index is 3.22. The first-order chi connectivity index (χ1) is 4.74. The molecule has 1 rings (SSSR count). The van der Waals surface area contributed by atoms with Gasteiger partial charge in [-0.05, 0) is 22.0 Å². The van der Waals surface area contributed by atoms with Crippen molar-refractivity contribution in [1.82, 2.24) is 4.57 Å². The van der Waals surface area contributed by atoms with Crippen molar-refractivity contribution in [3.63, 3.8) is 0 Å². The van der Waals surface area contributed by atoms with Gasteiger partial charge in [0.15, 0.2) is 6.80 Å². The SMILES string of the molecule is O=c1ccc(Br)cn1CF. The van der Waals surface area contributed by atoms with Gasteiger partial charge in [0.05, 0.1) is 0 Å². The molecule has 1 aromatic heterocycles. The molecule has 0 fully saturated rings. The van der Waals surface area contributed by atoms with Crippen LogP contribution in [-0.4, -0.2) is 4.57 Å². The van der Waals surface area contributed by atoms with Gasteiger partial charge in [0.25, 0.3) is 5.56 Å². The van der Waals surface area contributed by atoms with Crippen molar-refractivity contribution < 1.29 is 4.39 Å². The van der Waals surface area contributed by atoms with Crippen molar-refractivity contribution in [3.05, 3.63) is 33.2 Å². The highest BCUT2D eigenvalue weighted by Gasteiger charge is 1.93. The third-order valence-corrected chi connectivity index (χ3v) is 1.55. The molecule has 0 aliphatic heterocycles. The van der Waals surface area contributed by atoms with E-state index >= 15 is 0 Å². The number of pyridine rings is 1. The van der Waals surface area contributed by atoms with E-state index in [4.69, 9.17) is 0 Å². The lowest BCUT2D eigenvalue weighted by Crippen LogP contribution is -2.15. The van der Waals surface area contributed by atoms with Gasteiger partial charge in [-0.1, -0.05) is 0 Å². The number of hydrogen-bond acceptors (Lipinski definition) is 1. The zero-order valence-corrected chi connectivity index (χ0v) is 6.64. The van der Waals surface area contributed by atoms with E-state index in [1.165, 1.54) is 12.3 Å². The fourth-order valence-electron chi connectivity index (χ4n) is 0.596. The van der Waals surface area contributed by atoms with Crippen LogP contribution in [0.15, 0.2) is 27.6 Å². The second-order valence-corrected chi connectivity index (χ2v) is 2.69. The van der Waals surface area contributed by atoms with Crippen LogP contribution in [0.3, 0.4) is 0 Å². The molecule has 0 N–H and O–H groups in total. The van der Waals surface area contributed by atoms with Crippen molar-refractivity contribution in [2.45, 2.75) is 6.80 Å². The van der Waals surface area contributed by atoms with Gasteiger partial charge in [-0.3, -0.25) is 9.36 Å². The van der Waals surface area contributed by atoms with Gasteiger partial charge in [-0.25, -0.2) is 4.39 Å². The summed E-state index contributed by atoms with van der Waals surface area (Å²) in [6.07, 6.45) is 1.41. The monoisotopic (exact) mass is 205 g/mol. The fourth-order valence-corrected chi connectivity index (χ4v) is 0.975. The molecule has 54 valence electrons. The predicted molar refractivity (Wildman–Crippen MR) is 39.5 cm³/mol. The summed E-state index contributed by atoms with van der Waals surface area (Å²) in [5, 5.41) is 0. The Labute approximate surface area is 65.4 Å². The molecule has 0 spiro atoms. The van der Waals surface area contributed by atoms with Gasteiger partial charge in [-0.2, -0.15) is 0 Å². The van der Waals surface area contributed by atoms with Crippen LogP contribution in [0.2, 0.25) is 0 Å². The molecule has 0 aromatic carbocycles. The summed E-state index contributed by atoms with van der Waals surface area (Å²) in [6, 6.07) is 2.89. The van der Waals surface area contributed by atoms with E-state index in [0.717, 1.165) is 4.57 Å². The Hall–Kier alpha value is -0.640. The maximum atomic E-state index is 11.9. The average Bonchev–Trinajstić information content (AvgIpc) is 1.94. The Bertz CT molecular complexity index is 283. The molecule has 0 bridgehead atoms. The molecular weight excluding hydrogens is 201 g/mol. The lowest BCUT2D eigenvalue weighted by atomic mass is 10.5. The van der Waals surface area contributed by atoms with Crippen molar-refractivity contribution in [3.8, 4) is 0 Å². The van der Waals surface area contributed by atoms with Crippen LogP contribution in [0, 0.1) is 0 Å². The Morgan fingerprint density at radius 3 is 2.80 bits per heavy atom. The molecule has 0 radical (unpaired) electrons. The van der Waals surface area contributed by atoms with Gasteiger partial charge < -0.3 is 0 Å². The lowest BCUT2D eigenvalue weighted by Gasteiger charge is -1.96. The van der Waals surface area contributed by atoms with E-state index in [9.17, 15) is 9.18 Å². The summed E-state index contributed by atoms with van der Waals surface area (Å²) in [5.74, 6) is 0. The number of aromatic nitrogens is 1. The molecule has 2 nitrogen and oxygen atoms in total. The zero-order chi connectivity index (χ0) is 7.56. The Morgan fingerprint density at radius 1 is 1.60 bits per heavy atom. The summed E-state index contributed by atoms with van der Waals surface area (Å²) in [5.41, 5.74) is -0.328. The highest BCUT2D eigenvalue weighted by Crippen LogP contribution is 2.04. The van der Waals surface area contributed by atoms with Crippen LogP contribution >= 0.6 is 15.9 Å². The summed E-state index contributed by atoms with van der Waals surface area (Å²) in [4.78, 5) is 10.7. The Morgan fingerprint density at radius 2 is 2.30 bits per heavy atom. The van der Waals surface area contributed by atoms with E-state index in [-0.39, 0.29) is 5.56 Å². The number of halogens is 2. The normalized spacial score (nSPS) is 9.80. The van der Waals surface area contributed by atoms with Crippen LogP contribution < -0.4 is 5.56 Å². The molecule has 0 amide bonds. The molecule has 10 heavy (non-hydrogen) atoms. The average molecular weight is 206 g/mol. The molecule has 0 aliphatic carbocycles. The van der Waals surface area contributed by atoms with Crippen LogP contribution in [0.4, 0.5) is 4.39 Å². The number of alkyl halides is 1. The molecular formula is C6H5BrFNO. The molecule has 0 unspecified atom stereocenters. The first-order valence-electron chi connectivity index (χ1n) is 2.66. The van der Waals surface area contributed by atoms with Gasteiger partial charge in [-0.15, -0.1) is 0 Å². The first-order valence-corrected chi connectivity index (χ1v) is 3.45. The minimum atomic E-state index is -0.779. The standard InChI is InChI=1S/C6H5BrFNO/c7-5-1-2-6(10)9(3-5)4-8/h1-3H,4H2. The second kappa shape index (κ2) is 2.96. The van der Waals surface area contributed by atoms with E-state index in [1.807, 2.05) is 0 Å². The zero-order valence-electron chi connectivity index (χ0n) is 5.05. The van der Waals surface area contributed by atoms with E-state index in [1.54, 1.807) is 6.07 Å². The summed E-state index contributed by atoms with van der Waals surface area (Å²) >= 11 is 3.11. The lowest BCUT2D eigenvalue weighted by molar-refractivity contribution is 0.368. The van der Waals surface area contributed by atoms with Crippen molar-refractivity contribution in [2.24, 2.45) is 0 Å². The smallest absolute Gasteiger partial charge is 0.252 e. The largest absolute Gasteiger partial charge is 0.286 e. The first kappa shape index (κ1) is 7.47. The molecule has 1 aromatic rings. The second-order valence-electron chi connectivity index (χ2n) is 1.77. The van der Waals surface area contributed by atoms with Crippen LogP contribution in [0.5, 0.6) is 0 Å². The highest BCUT2D eigenvalue weighted by molar-refractivity contribution is 9.10. The molecule has 0 aliphatic rings. The number of nitrogens with zero attached hydrogens (tertiary/aromatic N) is 1. The molecule has 0 saturated heterocycles. The van der Waals surface area contributed by atoms with Crippen LogP contribution in [-0.2, 0) is 6.80 Å². The van der Waals surface area contributed by atoms with Crippen molar-refractivity contribution in [1.29, 1.82) is 0 Å². The fraction of sp³-hybridized carbons (Fsp3) is 0.167. The predicted octanol–water partition coefficient (Wildman–Crippen LogP) is 1.54. The minimum Gasteiger partial charge on any atom is -0.286 e. The molecule has 0 atom stereocenters. The topological polar surface area (TPSA) is 22.0 Å². The third kappa shape index (κ3) is 1.44. The summed E-state index contributed by atoms with van der Waals surface area (Å²) in [7, 11) is 0. The molecule has 0 saturated carbocycles. The van der Waals surface area contributed by atoms with Gasteiger partial charge in [0, 0.05) is 16.7 Å². The molecule has 1 heterocycles. The van der Waals surface area contributed by atoms with Crippen molar-refractivity contribution >= 4 is 15.9 Å². The van der Waals surface area contributed by atoms with E-state index in [2.05, 4.69) is 15.9 Å². The Kier molecular flexibility index (Phi) is 2.21.